The van der Waals surface area contributed by atoms with Crippen LogP contribution in [0.15, 0.2) is 64.5 Å². The Balaban J connectivity index is 2.40. The lowest BCUT2D eigenvalue weighted by Crippen LogP contribution is -2.21. The molecule has 20 heavy (non-hydrogen) atoms. The first-order valence-electron chi connectivity index (χ1n) is 5.94. The SMILES string of the molecule is N#CSc1nc2ccccc2c(=O)n1-c1ccccc1. The Morgan fingerprint density at radius 3 is 2.50 bits per heavy atom. The fourth-order valence-electron chi connectivity index (χ4n) is 2.03. The fourth-order valence-corrected chi connectivity index (χ4v) is 2.53. The summed E-state index contributed by atoms with van der Waals surface area (Å²) in [4.78, 5) is 17.0. The highest BCUT2D eigenvalue weighted by molar-refractivity contribution is 8.03. The second-order valence-corrected chi connectivity index (χ2v) is 4.83. The quantitative estimate of drug-likeness (QED) is 0.411. The Labute approximate surface area is 119 Å². The molecule has 4 nitrogen and oxygen atoms in total. The molecule has 3 aromatic rings. The van der Waals surface area contributed by atoms with Gasteiger partial charge in [-0.25, -0.2) is 4.98 Å². The van der Waals surface area contributed by atoms with Crippen LogP contribution in [0.2, 0.25) is 0 Å². The molecular formula is C15H9N3OS. The normalized spacial score (nSPS) is 10.3. The molecule has 96 valence electrons. The van der Waals surface area contributed by atoms with Crippen molar-refractivity contribution in [3.8, 4) is 11.1 Å². The summed E-state index contributed by atoms with van der Waals surface area (Å²) in [6.45, 7) is 0. The summed E-state index contributed by atoms with van der Waals surface area (Å²) in [7, 11) is 0. The average Bonchev–Trinajstić information content (AvgIpc) is 2.49. The molecule has 0 amide bonds. The van der Waals surface area contributed by atoms with Gasteiger partial charge in [-0.1, -0.05) is 30.3 Å². The van der Waals surface area contributed by atoms with Gasteiger partial charge in [0.25, 0.3) is 5.56 Å². The van der Waals surface area contributed by atoms with Gasteiger partial charge in [-0.15, -0.1) is 0 Å². The first-order chi connectivity index (χ1) is 9.81. The number of thioether (sulfide) groups is 1. The summed E-state index contributed by atoms with van der Waals surface area (Å²) in [5.41, 5.74) is 1.13. The van der Waals surface area contributed by atoms with Crippen molar-refractivity contribution >= 4 is 22.7 Å². The standard InChI is InChI=1S/C15H9N3OS/c16-10-20-15-17-13-9-5-4-8-12(13)14(19)18(15)11-6-2-1-3-7-11/h1-9H. The van der Waals surface area contributed by atoms with Crippen LogP contribution in [0.4, 0.5) is 0 Å². The summed E-state index contributed by atoms with van der Waals surface area (Å²) in [6.07, 6.45) is 0. The summed E-state index contributed by atoms with van der Waals surface area (Å²) < 4.78 is 1.47. The van der Waals surface area contributed by atoms with Crippen molar-refractivity contribution in [1.82, 2.24) is 9.55 Å². The highest BCUT2D eigenvalue weighted by Crippen LogP contribution is 2.19. The molecule has 0 saturated carbocycles. The third-order valence-corrected chi connectivity index (χ3v) is 3.44. The number of para-hydroxylation sites is 2. The minimum atomic E-state index is -0.167. The van der Waals surface area contributed by atoms with Crippen LogP contribution in [-0.4, -0.2) is 9.55 Å². The molecular weight excluding hydrogens is 270 g/mol. The number of benzene rings is 2. The Morgan fingerprint density at radius 1 is 1.05 bits per heavy atom. The fraction of sp³-hybridized carbons (Fsp3) is 0. The van der Waals surface area contributed by atoms with E-state index in [-0.39, 0.29) is 5.56 Å². The Morgan fingerprint density at radius 2 is 1.75 bits per heavy atom. The van der Waals surface area contributed by atoms with Crippen molar-refractivity contribution in [2.24, 2.45) is 0 Å². The van der Waals surface area contributed by atoms with E-state index in [1.54, 1.807) is 18.2 Å². The molecule has 0 radical (unpaired) electrons. The second-order valence-electron chi connectivity index (χ2n) is 4.08. The lowest BCUT2D eigenvalue weighted by Gasteiger charge is -2.10. The largest absolute Gasteiger partial charge is 0.268 e. The molecule has 0 N–H and O–H groups in total. The van der Waals surface area contributed by atoms with Crippen LogP contribution in [0.3, 0.4) is 0 Å². The lowest BCUT2D eigenvalue weighted by atomic mass is 10.2. The maximum atomic E-state index is 12.6. The van der Waals surface area contributed by atoms with Crippen LogP contribution < -0.4 is 5.56 Å². The summed E-state index contributed by atoms with van der Waals surface area (Å²) >= 11 is 0.883. The van der Waals surface area contributed by atoms with Crippen molar-refractivity contribution < 1.29 is 0 Å². The van der Waals surface area contributed by atoms with Gasteiger partial charge in [0.05, 0.1) is 16.6 Å². The maximum Gasteiger partial charge on any atom is 0.266 e. The van der Waals surface area contributed by atoms with E-state index in [0.717, 1.165) is 11.8 Å². The molecule has 0 fully saturated rings. The number of aromatic nitrogens is 2. The van der Waals surface area contributed by atoms with E-state index in [1.165, 1.54) is 4.57 Å². The molecule has 2 aromatic carbocycles. The van der Waals surface area contributed by atoms with Crippen molar-refractivity contribution in [1.29, 1.82) is 5.26 Å². The summed E-state index contributed by atoms with van der Waals surface area (Å²) in [5.74, 6) is 0. The van der Waals surface area contributed by atoms with Crippen LogP contribution in [0.5, 0.6) is 0 Å². The van der Waals surface area contributed by atoms with Crippen molar-refractivity contribution in [3.63, 3.8) is 0 Å². The first kappa shape index (κ1) is 12.5. The zero-order chi connectivity index (χ0) is 13.9. The Kier molecular flexibility index (Phi) is 3.23. The van der Waals surface area contributed by atoms with Crippen LogP contribution >= 0.6 is 11.8 Å². The van der Waals surface area contributed by atoms with E-state index < -0.39 is 0 Å². The van der Waals surface area contributed by atoms with Gasteiger partial charge in [-0.05, 0) is 24.3 Å². The van der Waals surface area contributed by atoms with Crippen LogP contribution in [0.1, 0.15) is 0 Å². The molecule has 0 atom stereocenters. The van der Waals surface area contributed by atoms with Gasteiger partial charge in [-0.2, -0.15) is 5.26 Å². The molecule has 0 saturated heterocycles. The predicted molar refractivity (Wildman–Crippen MR) is 78.8 cm³/mol. The van der Waals surface area contributed by atoms with Gasteiger partial charge < -0.3 is 0 Å². The second kappa shape index (κ2) is 5.19. The number of nitrogens with zero attached hydrogens (tertiary/aromatic N) is 3. The monoisotopic (exact) mass is 279 g/mol. The molecule has 1 aromatic heterocycles. The third-order valence-electron chi connectivity index (χ3n) is 2.90. The molecule has 0 bridgehead atoms. The van der Waals surface area contributed by atoms with Crippen LogP contribution in [0, 0.1) is 10.7 Å². The van der Waals surface area contributed by atoms with Gasteiger partial charge in [-0.3, -0.25) is 9.36 Å². The molecule has 0 aliphatic heterocycles. The van der Waals surface area contributed by atoms with Crippen LogP contribution in [-0.2, 0) is 0 Å². The summed E-state index contributed by atoms with van der Waals surface area (Å²) in [6, 6.07) is 16.3. The Hall–Kier alpha value is -2.58. The lowest BCUT2D eigenvalue weighted by molar-refractivity contribution is 0.822. The maximum absolute atomic E-state index is 12.6. The predicted octanol–water partition coefficient (Wildman–Crippen LogP) is 2.96. The molecule has 0 aliphatic rings. The first-order valence-corrected chi connectivity index (χ1v) is 6.76. The molecule has 0 spiro atoms. The zero-order valence-electron chi connectivity index (χ0n) is 10.4. The van der Waals surface area contributed by atoms with Crippen molar-refractivity contribution in [2.45, 2.75) is 5.16 Å². The van der Waals surface area contributed by atoms with Gasteiger partial charge in [0, 0.05) is 11.8 Å². The van der Waals surface area contributed by atoms with E-state index in [0.29, 0.717) is 21.7 Å². The van der Waals surface area contributed by atoms with E-state index in [9.17, 15) is 4.79 Å². The molecule has 1 heterocycles. The number of hydrogen-bond acceptors (Lipinski definition) is 4. The van der Waals surface area contributed by atoms with Gasteiger partial charge >= 0.3 is 0 Å². The minimum absolute atomic E-state index is 0.167. The number of rotatable bonds is 2. The molecule has 0 aliphatic carbocycles. The van der Waals surface area contributed by atoms with Crippen molar-refractivity contribution in [2.75, 3.05) is 0 Å². The molecule has 5 heteroatoms. The molecule has 3 rings (SSSR count). The number of thiocyanates is 1. The van der Waals surface area contributed by atoms with Gasteiger partial charge in [0.15, 0.2) is 5.16 Å². The van der Waals surface area contributed by atoms with E-state index in [2.05, 4.69) is 4.98 Å². The summed E-state index contributed by atoms with van der Waals surface area (Å²) in [5, 5.41) is 11.8. The van der Waals surface area contributed by atoms with E-state index in [4.69, 9.17) is 5.26 Å². The number of hydrogen-bond donors (Lipinski definition) is 0. The van der Waals surface area contributed by atoms with Crippen LogP contribution in [0.25, 0.3) is 16.6 Å². The van der Waals surface area contributed by atoms with Gasteiger partial charge in [0.2, 0.25) is 0 Å². The number of nitriles is 1. The van der Waals surface area contributed by atoms with Gasteiger partial charge in [0.1, 0.15) is 5.40 Å². The molecule has 0 unspecified atom stereocenters. The smallest absolute Gasteiger partial charge is 0.266 e. The van der Waals surface area contributed by atoms with E-state index in [1.807, 2.05) is 41.8 Å². The Bertz CT molecular complexity index is 866. The number of fused-ring (bicyclic) bond motifs is 1. The average molecular weight is 279 g/mol. The van der Waals surface area contributed by atoms with E-state index >= 15 is 0 Å². The highest BCUT2D eigenvalue weighted by atomic mass is 32.2. The third kappa shape index (κ3) is 2.06. The topological polar surface area (TPSA) is 58.7 Å². The minimum Gasteiger partial charge on any atom is -0.268 e. The van der Waals surface area contributed by atoms with Crippen molar-refractivity contribution in [3.05, 3.63) is 65.0 Å². The highest BCUT2D eigenvalue weighted by Gasteiger charge is 2.12. The zero-order valence-corrected chi connectivity index (χ0v) is 11.2.